The van der Waals surface area contributed by atoms with Gasteiger partial charge in [0.05, 0.1) is 4.92 Å². The van der Waals surface area contributed by atoms with E-state index in [1.807, 2.05) is 6.08 Å². The number of nitro groups is 1. The molecule has 1 aromatic heterocycles. The van der Waals surface area contributed by atoms with Crippen LogP contribution in [0.4, 0.5) is 11.6 Å². The molecule has 1 aliphatic carbocycles. The van der Waals surface area contributed by atoms with Gasteiger partial charge in [-0.3, -0.25) is 14.9 Å². The lowest BCUT2D eigenvalue weighted by atomic mass is 10.1. The Morgan fingerprint density at radius 3 is 2.29 bits per heavy atom. The van der Waals surface area contributed by atoms with Gasteiger partial charge in [0.25, 0.3) is 5.69 Å². The van der Waals surface area contributed by atoms with E-state index in [1.54, 1.807) is 30.6 Å². The Labute approximate surface area is 162 Å². The minimum atomic E-state index is -0.435. The van der Waals surface area contributed by atoms with Crippen molar-refractivity contribution in [2.24, 2.45) is 0 Å². The van der Waals surface area contributed by atoms with Crippen molar-refractivity contribution in [3.05, 3.63) is 69.0 Å². The summed E-state index contributed by atoms with van der Waals surface area (Å²) in [5, 5.41) is 10.9. The average Bonchev–Trinajstić information content (AvgIpc) is 3.35. The van der Waals surface area contributed by atoms with Crippen molar-refractivity contribution >= 4 is 29.6 Å². The number of Topliss-reactive ketones (excluding diaryl/α,β-unsaturated/α-hetero) is 1. The molecular weight excluding hydrogens is 356 g/mol. The van der Waals surface area contributed by atoms with E-state index in [2.05, 4.69) is 14.9 Å². The lowest BCUT2D eigenvalue weighted by Gasteiger charge is -2.14. The largest absolute Gasteiger partial charge is 0.341 e. The molecule has 2 fully saturated rings. The van der Waals surface area contributed by atoms with Crippen LogP contribution in [0.2, 0.25) is 0 Å². The number of hydrogen-bond acceptors (Lipinski definition) is 6. The number of nitro benzene ring substituents is 1. The number of ketones is 1. The van der Waals surface area contributed by atoms with Gasteiger partial charge in [0.1, 0.15) is 0 Å². The Morgan fingerprint density at radius 2 is 1.64 bits per heavy atom. The Hall–Kier alpha value is -3.35. The molecule has 2 heterocycles. The van der Waals surface area contributed by atoms with Gasteiger partial charge in [0.15, 0.2) is 5.78 Å². The number of non-ortho nitro benzene ring substituents is 1. The van der Waals surface area contributed by atoms with Gasteiger partial charge in [0.2, 0.25) is 5.95 Å². The molecule has 0 amide bonds. The van der Waals surface area contributed by atoms with E-state index in [0.29, 0.717) is 29.6 Å². The molecule has 1 aliphatic heterocycles. The van der Waals surface area contributed by atoms with Gasteiger partial charge in [0, 0.05) is 54.3 Å². The van der Waals surface area contributed by atoms with Crippen LogP contribution in [0.1, 0.15) is 36.8 Å². The van der Waals surface area contributed by atoms with Crippen molar-refractivity contribution in [2.75, 3.05) is 18.0 Å². The van der Waals surface area contributed by atoms with Crippen LogP contribution in [0.3, 0.4) is 0 Å². The fraction of sp³-hybridized carbons (Fsp3) is 0.286. The van der Waals surface area contributed by atoms with Crippen molar-refractivity contribution in [3.63, 3.8) is 0 Å². The smallest absolute Gasteiger partial charge is 0.270 e. The summed E-state index contributed by atoms with van der Waals surface area (Å²) in [5.74, 6) is 0.721. The summed E-state index contributed by atoms with van der Waals surface area (Å²) >= 11 is 0. The minimum absolute atomic E-state index is 0.0184. The van der Waals surface area contributed by atoms with Crippen molar-refractivity contribution in [1.82, 2.24) is 9.97 Å². The molecule has 0 spiro atoms. The highest BCUT2D eigenvalue weighted by Gasteiger charge is 2.23. The van der Waals surface area contributed by atoms with Gasteiger partial charge in [-0.2, -0.15) is 0 Å². The molecule has 7 heteroatoms. The zero-order valence-electron chi connectivity index (χ0n) is 15.4. The number of carbonyl (C=O) groups is 1. The number of allylic oxidation sites excluding steroid dienone is 2. The maximum Gasteiger partial charge on any atom is 0.270 e. The Morgan fingerprint density at radius 1 is 1.00 bits per heavy atom. The second-order valence-corrected chi connectivity index (χ2v) is 7.03. The van der Waals surface area contributed by atoms with Crippen molar-refractivity contribution in [2.45, 2.75) is 25.7 Å². The highest BCUT2D eigenvalue weighted by molar-refractivity contribution is 6.15. The second kappa shape index (κ2) is 7.72. The molecule has 0 radical (unpaired) electrons. The van der Waals surface area contributed by atoms with Crippen molar-refractivity contribution in [3.8, 4) is 0 Å². The molecule has 1 saturated carbocycles. The van der Waals surface area contributed by atoms with Crippen molar-refractivity contribution in [1.29, 1.82) is 0 Å². The van der Waals surface area contributed by atoms with Gasteiger partial charge in [-0.15, -0.1) is 0 Å². The minimum Gasteiger partial charge on any atom is -0.341 e. The predicted octanol–water partition coefficient (Wildman–Crippen LogP) is 3.81. The molecule has 1 aromatic carbocycles. The summed E-state index contributed by atoms with van der Waals surface area (Å²) in [4.78, 5) is 34.2. The predicted molar refractivity (Wildman–Crippen MR) is 107 cm³/mol. The Bertz CT molecular complexity index is 973. The van der Waals surface area contributed by atoms with Crippen LogP contribution in [0.15, 0.2) is 47.8 Å². The standard InChI is InChI=1S/C21H20N4O3/c26-20-17(10-15-4-3-5-19(12-15)25(27)28)6-7-18(20)11-16-13-22-21(23-14-16)24-8-1-2-9-24/h3-5,10-14H,1-2,6-9H2/b17-10-,18-11-. The quantitative estimate of drug-likeness (QED) is 0.458. The van der Waals surface area contributed by atoms with E-state index in [-0.39, 0.29) is 11.5 Å². The molecule has 4 rings (SSSR count). The third-order valence-electron chi connectivity index (χ3n) is 5.06. The maximum absolute atomic E-state index is 12.7. The van der Waals surface area contributed by atoms with E-state index >= 15 is 0 Å². The van der Waals surface area contributed by atoms with E-state index in [1.165, 1.54) is 25.0 Å². The number of benzene rings is 1. The molecule has 1 saturated heterocycles. The molecule has 28 heavy (non-hydrogen) atoms. The zero-order valence-corrected chi connectivity index (χ0v) is 15.4. The second-order valence-electron chi connectivity index (χ2n) is 7.03. The third-order valence-corrected chi connectivity index (χ3v) is 5.06. The van der Waals surface area contributed by atoms with E-state index in [9.17, 15) is 14.9 Å². The summed E-state index contributed by atoms with van der Waals surface area (Å²) in [6, 6.07) is 6.31. The fourth-order valence-corrected chi connectivity index (χ4v) is 3.59. The molecule has 0 bridgehead atoms. The maximum atomic E-state index is 12.7. The van der Waals surface area contributed by atoms with Gasteiger partial charge in [-0.1, -0.05) is 12.1 Å². The van der Waals surface area contributed by atoms with Crippen LogP contribution >= 0.6 is 0 Å². The van der Waals surface area contributed by atoms with Crippen LogP contribution in [0, 0.1) is 10.1 Å². The SMILES string of the molecule is O=C1/C(=C\c2cnc(N3CCCC3)nc2)CC/C1=C/c1cccc([N+](=O)[O-])c1. The number of hydrogen-bond donors (Lipinski definition) is 0. The fourth-order valence-electron chi connectivity index (χ4n) is 3.59. The van der Waals surface area contributed by atoms with Gasteiger partial charge in [-0.25, -0.2) is 9.97 Å². The zero-order chi connectivity index (χ0) is 19.5. The lowest BCUT2D eigenvalue weighted by Crippen LogP contribution is -2.20. The first-order chi connectivity index (χ1) is 13.6. The molecule has 0 unspecified atom stereocenters. The molecular formula is C21H20N4O3. The first-order valence-corrected chi connectivity index (χ1v) is 9.37. The van der Waals surface area contributed by atoms with Crippen LogP contribution in [0.25, 0.3) is 12.2 Å². The summed E-state index contributed by atoms with van der Waals surface area (Å²) < 4.78 is 0. The summed E-state index contributed by atoms with van der Waals surface area (Å²) in [5.41, 5.74) is 2.88. The van der Waals surface area contributed by atoms with Gasteiger partial charge in [-0.05, 0) is 43.4 Å². The summed E-state index contributed by atoms with van der Waals surface area (Å²) in [6.07, 6.45) is 10.7. The number of carbonyl (C=O) groups excluding carboxylic acids is 1. The van der Waals surface area contributed by atoms with E-state index < -0.39 is 4.92 Å². The van der Waals surface area contributed by atoms with Gasteiger partial charge < -0.3 is 4.90 Å². The normalized spacial score (nSPS) is 19.7. The molecule has 142 valence electrons. The molecule has 0 atom stereocenters. The van der Waals surface area contributed by atoms with Crippen LogP contribution in [0.5, 0.6) is 0 Å². The van der Waals surface area contributed by atoms with Crippen LogP contribution < -0.4 is 4.90 Å². The highest BCUT2D eigenvalue weighted by atomic mass is 16.6. The Balaban J connectivity index is 1.50. The van der Waals surface area contributed by atoms with Gasteiger partial charge >= 0.3 is 0 Å². The lowest BCUT2D eigenvalue weighted by molar-refractivity contribution is -0.384. The molecule has 0 N–H and O–H groups in total. The number of aromatic nitrogens is 2. The topological polar surface area (TPSA) is 89.2 Å². The summed E-state index contributed by atoms with van der Waals surface area (Å²) in [6.45, 7) is 1.98. The Kier molecular flexibility index (Phi) is 4.97. The van der Waals surface area contributed by atoms with Crippen LogP contribution in [-0.4, -0.2) is 33.8 Å². The number of anilines is 1. The van der Waals surface area contributed by atoms with Crippen molar-refractivity contribution < 1.29 is 9.72 Å². The van der Waals surface area contributed by atoms with E-state index in [4.69, 9.17) is 0 Å². The van der Waals surface area contributed by atoms with Crippen LogP contribution in [-0.2, 0) is 4.79 Å². The average molecular weight is 376 g/mol. The molecule has 2 aromatic rings. The third kappa shape index (κ3) is 3.83. The first kappa shape index (κ1) is 18.0. The number of rotatable bonds is 4. The molecule has 7 nitrogen and oxygen atoms in total. The first-order valence-electron chi connectivity index (χ1n) is 9.37. The highest BCUT2D eigenvalue weighted by Crippen LogP contribution is 2.30. The number of nitrogens with zero attached hydrogens (tertiary/aromatic N) is 4. The monoisotopic (exact) mass is 376 g/mol. The summed E-state index contributed by atoms with van der Waals surface area (Å²) in [7, 11) is 0. The molecule has 2 aliphatic rings. The van der Waals surface area contributed by atoms with E-state index in [0.717, 1.165) is 24.6 Å².